The molecule has 0 aliphatic heterocycles. The van der Waals surface area contributed by atoms with E-state index >= 15 is 0 Å². The number of anilines is 2. The SMILES string of the molecule is N#Cc1ccnc(NCCCS(N)(=O)=O)c1N. The summed E-state index contributed by atoms with van der Waals surface area (Å²) < 4.78 is 21.4. The van der Waals surface area contributed by atoms with E-state index in [9.17, 15) is 8.42 Å². The molecule has 8 heteroatoms. The van der Waals surface area contributed by atoms with E-state index in [0.717, 1.165) is 0 Å². The van der Waals surface area contributed by atoms with E-state index in [2.05, 4.69) is 10.3 Å². The molecule has 0 radical (unpaired) electrons. The zero-order valence-corrected chi connectivity index (χ0v) is 9.87. The molecule has 5 N–H and O–H groups in total. The fourth-order valence-corrected chi connectivity index (χ4v) is 1.74. The molecular formula is C9H13N5O2S. The molecule has 0 saturated carbocycles. The normalized spacial score (nSPS) is 10.8. The quantitative estimate of drug-likeness (QED) is 0.614. The highest BCUT2D eigenvalue weighted by atomic mass is 32.2. The molecule has 0 atom stereocenters. The number of primary sulfonamides is 1. The molecule has 1 heterocycles. The topological polar surface area (TPSA) is 135 Å². The molecule has 0 aliphatic rings. The van der Waals surface area contributed by atoms with Gasteiger partial charge in [0.2, 0.25) is 10.0 Å². The lowest BCUT2D eigenvalue weighted by Gasteiger charge is -2.08. The van der Waals surface area contributed by atoms with Crippen LogP contribution in [0.2, 0.25) is 0 Å². The largest absolute Gasteiger partial charge is 0.395 e. The van der Waals surface area contributed by atoms with Crippen molar-refractivity contribution in [3.8, 4) is 6.07 Å². The second-order valence-corrected chi connectivity index (χ2v) is 5.11. The number of sulfonamides is 1. The number of hydrogen-bond acceptors (Lipinski definition) is 6. The van der Waals surface area contributed by atoms with Crippen molar-refractivity contribution in [2.45, 2.75) is 6.42 Å². The fraction of sp³-hybridized carbons (Fsp3) is 0.333. The molecule has 7 nitrogen and oxygen atoms in total. The third-order valence-corrected chi connectivity index (χ3v) is 2.87. The molecular weight excluding hydrogens is 242 g/mol. The zero-order chi connectivity index (χ0) is 12.9. The molecule has 1 rings (SSSR count). The predicted molar refractivity (Wildman–Crippen MR) is 64.4 cm³/mol. The van der Waals surface area contributed by atoms with Crippen LogP contribution in [-0.4, -0.2) is 25.7 Å². The van der Waals surface area contributed by atoms with E-state index in [1.807, 2.05) is 6.07 Å². The Balaban J connectivity index is 2.56. The van der Waals surface area contributed by atoms with E-state index in [-0.39, 0.29) is 11.4 Å². The number of hydrogen-bond donors (Lipinski definition) is 3. The number of nitrogens with one attached hydrogen (secondary N) is 1. The third-order valence-electron chi connectivity index (χ3n) is 2.01. The van der Waals surface area contributed by atoms with Crippen molar-refractivity contribution < 1.29 is 8.42 Å². The van der Waals surface area contributed by atoms with E-state index < -0.39 is 10.0 Å². The highest BCUT2D eigenvalue weighted by Crippen LogP contribution is 2.18. The first-order chi connectivity index (χ1) is 7.94. The second kappa shape index (κ2) is 5.47. The summed E-state index contributed by atoms with van der Waals surface area (Å²) in [6.45, 7) is 0.364. The van der Waals surface area contributed by atoms with Crippen LogP contribution >= 0.6 is 0 Å². The Hall–Kier alpha value is -1.85. The Morgan fingerprint density at radius 2 is 2.24 bits per heavy atom. The number of nitrogen functional groups attached to an aromatic ring is 1. The van der Waals surface area contributed by atoms with Gasteiger partial charge in [-0.15, -0.1) is 0 Å². The maximum absolute atomic E-state index is 10.7. The number of nitrogens with two attached hydrogens (primary N) is 2. The van der Waals surface area contributed by atoms with Crippen LogP contribution in [0.4, 0.5) is 11.5 Å². The maximum atomic E-state index is 10.7. The average Bonchev–Trinajstić information content (AvgIpc) is 2.25. The van der Waals surface area contributed by atoms with Crippen LogP contribution < -0.4 is 16.2 Å². The van der Waals surface area contributed by atoms with Crippen molar-refractivity contribution >= 4 is 21.5 Å². The molecule has 0 saturated heterocycles. The average molecular weight is 255 g/mol. The molecule has 0 spiro atoms. The lowest BCUT2D eigenvalue weighted by molar-refractivity contribution is 0.596. The van der Waals surface area contributed by atoms with Gasteiger partial charge in [-0.1, -0.05) is 0 Å². The van der Waals surface area contributed by atoms with Gasteiger partial charge in [-0.25, -0.2) is 18.5 Å². The standard InChI is InChI=1S/C9H13N5O2S/c10-6-7-2-4-14-9(8(7)11)13-3-1-5-17(12,15)16/h2,4H,1,3,5,11H2,(H,13,14)(H2,12,15,16). The van der Waals surface area contributed by atoms with Gasteiger partial charge in [-0.05, 0) is 12.5 Å². The van der Waals surface area contributed by atoms with Crippen molar-refractivity contribution in [2.24, 2.45) is 5.14 Å². The highest BCUT2D eigenvalue weighted by molar-refractivity contribution is 7.89. The number of pyridine rings is 1. The van der Waals surface area contributed by atoms with Gasteiger partial charge in [-0.3, -0.25) is 0 Å². The molecule has 1 aromatic heterocycles. The second-order valence-electron chi connectivity index (χ2n) is 3.38. The number of rotatable bonds is 5. The Bertz CT molecular complexity index is 535. The predicted octanol–water partition coefficient (Wildman–Crippen LogP) is -0.374. The van der Waals surface area contributed by atoms with Crippen LogP contribution in [0.15, 0.2) is 12.3 Å². The summed E-state index contributed by atoms with van der Waals surface area (Å²) in [4.78, 5) is 3.95. The molecule has 0 aliphatic carbocycles. The van der Waals surface area contributed by atoms with Crippen molar-refractivity contribution in [2.75, 3.05) is 23.3 Å². The smallest absolute Gasteiger partial charge is 0.209 e. The van der Waals surface area contributed by atoms with Gasteiger partial charge < -0.3 is 11.1 Å². The lowest BCUT2D eigenvalue weighted by atomic mass is 10.2. The van der Waals surface area contributed by atoms with Crippen molar-refractivity contribution in [3.05, 3.63) is 17.8 Å². The lowest BCUT2D eigenvalue weighted by Crippen LogP contribution is -2.19. The summed E-state index contributed by atoms with van der Waals surface area (Å²) in [7, 11) is -3.45. The van der Waals surface area contributed by atoms with Crippen LogP contribution in [0.3, 0.4) is 0 Å². The maximum Gasteiger partial charge on any atom is 0.209 e. The minimum Gasteiger partial charge on any atom is -0.395 e. The van der Waals surface area contributed by atoms with Crippen molar-refractivity contribution in [3.63, 3.8) is 0 Å². The van der Waals surface area contributed by atoms with Gasteiger partial charge >= 0.3 is 0 Å². The Labute approximate surface area is 99.5 Å². The minimum absolute atomic E-state index is 0.113. The van der Waals surface area contributed by atoms with E-state index in [1.165, 1.54) is 12.3 Å². The zero-order valence-electron chi connectivity index (χ0n) is 9.05. The summed E-state index contributed by atoms with van der Waals surface area (Å²) >= 11 is 0. The molecule has 17 heavy (non-hydrogen) atoms. The van der Waals surface area contributed by atoms with E-state index in [4.69, 9.17) is 16.1 Å². The first-order valence-electron chi connectivity index (χ1n) is 4.83. The molecule has 0 aromatic carbocycles. The highest BCUT2D eigenvalue weighted by Gasteiger charge is 2.06. The molecule has 1 aromatic rings. The Kier molecular flexibility index (Phi) is 4.25. The van der Waals surface area contributed by atoms with Gasteiger partial charge in [0.15, 0.2) is 5.82 Å². The Morgan fingerprint density at radius 3 is 2.82 bits per heavy atom. The molecule has 92 valence electrons. The van der Waals surface area contributed by atoms with Crippen LogP contribution in [0, 0.1) is 11.3 Å². The van der Waals surface area contributed by atoms with Crippen LogP contribution in [0.1, 0.15) is 12.0 Å². The first kappa shape index (κ1) is 13.2. The minimum atomic E-state index is -3.45. The van der Waals surface area contributed by atoms with Gasteiger partial charge in [0.1, 0.15) is 6.07 Å². The number of nitriles is 1. The van der Waals surface area contributed by atoms with E-state index in [0.29, 0.717) is 24.3 Å². The summed E-state index contributed by atoms with van der Waals surface area (Å²) in [6.07, 6.45) is 1.80. The number of aromatic nitrogens is 1. The summed E-state index contributed by atoms with van der Waals surface area (Å²) in [5.41, 5.74) is 6.25. The summed E-state index contributed by atoms with van der Waals surface area (Å²) in [5, 5.41) is 16.4. The molecule has 0 amide bonds. The van der Waals surface area contributed by atoms with Crippen LogP contribution in [-0.2, 0) is 10.0 Å². The Morgan fingerprint density at radius 1 is 1.53 bits per heavy atom. The van der Waals surface area contributed by atoms with Gasteiger partial charge in [0.05, 0.1) is 17.0 Å². The fourth-order valence-electron chi connectivity index (χ4n) is 1.19. The van der Waals surface area contributed by atoms with Gasteiger partial charge in [0, 0.05) is 12.7 Å². The van der Waals surface area contributed by atoms with Crippen LogP contribution in [0.25, 0.3) is 0 Å². The van der Waals surface area contributed by atoms with Gasteiger partial charge in [-0.2, -0.15) is 5.26 Å². The van der Waals surface area contributed by atoms with E-state index in [1.54, 1.807) is 0 Å². The van der Waals surface area contributed by atoms with Crippen molar-refractivity contribution in [1.29, 1.82) is 5.26 Å². The third kappa shape index (κ3) is 4.26. The van der Waals surface area contributed by atoms with Crippen molar-refractivity contribution in [1.82, 2.24) is 4.98 Å². The molecule has 0 fully saturated rings. The number of nitrogens with zero attached hydrogens (tertiary/aromatic N) is 2. The molecule has 0 bridgehead atoms. The van der Waals surface area contributed by atoms with Crippen LogP contribution in [0.5, 0.6) is 0 Å². The monoisotopic (exact) mass is 255 g/mol. The summed E-state index contributed by atoms with van der Waals surface area (Å²) in [5.74, 6) is 0.260. The molecule has 0 unspecified atom stereocenters. The summed E-state index contributed by atoms with van der Waals surface area (Å²) in [6, 6.07) is 3.43. The first-order valence-corrected chi connectivity index (χ1v) is 6.54. The van der Waals surface area contributed by atoms with Gasteiger partial charge in [0.25, 0.3) is 0 Å².